The van der Waals surface area contributed by atoms with Crippen LogP contribution in [0.5, 0.6) is 0 Å². The monoisotopic (exact) mass is 311 g/mol. The molecule has 132 valence electrons. The van der Waals surface area contributed by atoms with Gasteiger partial charge in [0.05, 0.1) is 0 Å². The number of unbranched alkanes of at least 4 members (excludes halogenated alkanes) is 11. The molecule has 1 unspecified atom stereocenters. The predicted octanol–water partition coefficient (Wildman–Crippen LogP) is 6.38. The van der Waals surface area contributed by atoms with Crippen molar-refractivity contribution in [3.8, 4) is 0 Å². The summed E-state index contributed by atoms with van der Waals surface area (Å²) in [6, 6.07) is 0.416. The highest BCUT2D eigenvalue weighted by atomic mass is 16.1. The minimum absolute atomic E-state index is 0.138. The molecule has 0 heterocycles. The van der Waals surface area contributed by atoms with Gasteiger partial charge in [-0.15, -0.1) is 0 Å². The molecule has 0 aromatic carbocycles. The van der Waals surface area contributed by atoms with Gasteiger partial charge in [0, 0.05) is 13.0 Å². The first kappa shape index (κ1) is 21.5. The lowest BCUT2D eigenvalue weighted by Crippen LogP contribution is -2.32. The number of carbonyl (C=O) groups excluding carboxylic acids is 1. The Bertz CT molecular complexity index is 240. The SMILES string of the molecule is CCCCCCCCCC(CCCCCCCC)NC(C)=O. The van der Waals surface area contributed by atoms with Crippen LogP contribution in [0.3, 0.4) is 0 Å². The first-order valence-corrected chi connectivity index (χ1v) is 9.97. The first-order chi connectivity index (χ1) is 10.7. The van der Waals surface area contributed by atoms with Crippen LogP contribution in [0.2, 0.25) is 0 Å². The Hall–Kier alpha value is -0.530. The fourth-order valence-electron chi connectivity index (χ4n) is 3.10. The molecule has 0 rings (SSSR count). The fraction of sp³-hybridized carbons (Fsp3) is 0.950. The van der Waals surface area contributed by atoms with Crippen molar-refractivity contribution in [2.45, 2.75) is 123 Å². The molecule has 0 aliphatic heterocycles. The van der Waals surface area contributed by atoms with E-state index >= 15 is 0 Å². The van der Waals surface area contributed by atoms with Crippen LogP contribution in [0.1, 0.15) is 117 Å². The topological polar surface area (TPSA) is 29.1 Å². The van der Waals surface area contributed by atoms with Crippen LogP contribution < -0.4 is 5.32 Å². The predicted molar refractivity (Wildman–Crippen MR) is 98.2 cm³/mol. The minimum Gasteiger partial charge on any atom is -0.354 e. The van der Waals surface area contributed by atoms with Crippen molar-refractivity contribution in [3.05, 3.63) is 0 Å². The zero-order valence-corrected chi connectivity index (χ0v) is 15.6. The summed E-state index contributed by atoms with van der Waals surface area (Å²) < 4.78 is 0. The van der Waals surface area contributed by atoms with E-state index in [9.17, 15) is 4.79 Å². The third-order valence-electron chi connectivity index (χ3n) is 4.47. The standard InChI is InChI=1S/C20H41NO/c1-4-6-8-10-12-14-16-18-20(21-19(3)22)17-15-13-11-9-7-5-2/h20H,4-18H2,1-3H3,(H,21,22). The van der Waals surface area contributed by atoms with Gasteiger partial charge in [-0.05, 0) is 12.8 Å². The molecule has 1 atom stereocenters. The number of nitrogens with one attached hydrogen (secondary N) is 1. The summed E-state index contributed by atoms with van der Waals surface area (Å²) in [4.78, 5) is 11.3. The largest absolute Gasteiger partial charge is 0.354 e. The molecule has 0 spiro atoms. The Morgan fingerprint density at radius 2 is 1.05 bits per heavy atom. The second-order valence-electron chi connectivity index (χ2n) is 6.86. The Kier molecular flexibility index (Phi) is 16.4. The maximum Gasteiger partial charge on any atom is 0.217 e. The van der Waals surface area contributed by atoms with Crippen molar-refractivity contribution >= 4 is 5.91 Å². The van der Waals surface area contributed by atoms with Crippen molar-refractivity contribution in [1.29, 1.82) is 0 Å². The van der Waals surface area contributed by atoms with Gasteiger partial charge in [-0.1, -0.05) is 97.3 Å². The van der Waals surface area contributed by atoms with Gasteiger partial charge in [0.2, 0.25) is 5.91 Å². The highest BCUT2D eigenvalue weighted by Crippen LogP contribution is 2.14. The maximum absolute atomic E-state index is 11.3. The average molecular weight is 312 g/mol. The van der Waals surface area contributed by atoms with Gasteiger partial charge in [-0.2, -0.15) is 0 Å². The Labute approximate surface area is 139 Å². The zero-order valence-electron chi connectivity index (χ0n) is 15.6. The molecule has 0 bridgehead atoms. The molecule has 1 amide bonds. The molecular formula is C20H41NO. The van der Waals surface area contributed by atoms with E-state index in [0.29, 0.717) is 6.04 Å². The van der Waals surface area contributed by atoms with Crippen LogP contribution in [-0.4, -0.2) is 11.9 Å². The molecule has 1 N–H and O–H groups in total. The van der Waals surface area contributed by atoms with Gasteiger partial charge in [-0.25, -0.2) is 0 Å². The number of carbonyl (C=O) groups is 1. The molecule has 2 heteroatoms. The number of hydrogen-bond acceptors (Lipinski definition) is 1. The van der Waals surface area contributed by atoms with E-state index in [2.05, 4.69) is 19.2 Å². The van der Waals surface area contributed by atoms with Crippen molar-refractivity contribution in [3.63, 3.8) is 0 Å². The lowest BCUT2D eigenvalue weighted by atomic mass is 10.00. The number of amides is 1. The van der Waals surface area contributed by atoms with E-state index in [-0.39, 0.29) is 5.91 Å². The summed E-state index contributed by atoms with van der Waals surface area (Å²) in [7, 11) is 0. The third-order valence-corrected chi connectivity index (χ3v) is 4.47. The molecule has 0 radical (unpaired) electrons. The quantitative estimate of drug-likeness (QED) is 0.329. The van der Waals surface area contributed by atoms with Gasteiger partial charge in [0.1, 0.15) is 0 Å². The molecule has 22 heavy (non-hydrogen) atoms. The minimum atomic E-state index is 0.138. The van der Waals surface area contributed by atoms with Crippen LogP contribution in [0.4, 0.5) is 0 Å². The summed E-state index contributed by atoms with van der Waals surface area (Å²) >= 11 is 0. The van der Waals surface area contributed by atoms with Crippen LogP contribution in [0, 0.1) is 0 Å². The average Bonchev–Trinajstić information content (AvgIpc) is 2.49. The number of hydrogen-bond donors (Lipinski definition) is 1. The van der Waals surface area contributed by atoms with Gasteiger partial charge < -0.3 is 5.32 Å². The number of rotatable bonds is 16. The molecule has 0 saturated carbocycles. The smallest absolute Gasteiger partial charge is 0.217 e. The molecule has 0 aromatic rings. The van der Waals surface area contributed by atoms with Crippen molar-refractivity contribution in [1.82, 2.24) is 5.32 Å². The first-order valence-electron chi connectivity index (χ1n) is 9.97. The summed E-state index contributed by atoms with van der Waals surface area (Å²) in [5.74, 6) is 0.138. The normalized spacial score (nSPS) is 12.3. The van der Waals surface area contributed by atoms with E-state index < -0.39 is 0 Å². The summed E-state index contributed by atoms with van der Waals surface area (Å²) in [5, 5.41) is 3.15. The van der Waals surface area contributed by atoms with Gasteiger partial charge in [0.15, 0.2) is 0 Å². The molecule has 0 aliphatic rings. The summed E-state index contributed by atoms with van der Waals surface area (Å²) in [6.45, 7) is 6.17. The van der Waals surface area contributed by atoms with Crippen molar-refractivity contribution < 1.29 is 4.79 Å². The second-order valence-corrected chi connectivity index (χ2v) is 6.86. The van der Waals surface area contributed by atoms with E-state index in [4.69, 9.17) is 0 Å². The summed E-state index contributed by atoms with van der Waals surface area (Å²) in [6.07, 6.45) is 19.8. The molecule has 2 nitrogen and oxygen atoms in total. The van der Waals surface area contributed by atoms with Crippen LogP contribution >= 0.6 is 0 Å². The zero-order chi connectivity index (χ0) is 16.5. The van der Waals surface area contributed by atoms with Gasteiger partial charge in [0.25, 0.3) is 0 Å². The fourth-order valence-corrected chi connectivity index (χ4v) is 3.10. The molecular weight excluding hydrogens is 270 g/mol. The van der Waals surface area contributed by atoms with Gasteiger partial charge in [-0.3, -0.25) is 4.79 Å². The second kappa shape index (κ2) is 16.8. The molecule has 0 fully saturated rings. The van der Waals surface area contributed by atoms with Crippen LogP contribution in [0.25, 0.3) is 0 Å². The molecule has 0 saturated heterocycles. The van der Waals surface area contributed by atoms with Crippen LogP contribution in [-0.2, 0) is 4.79 Å². The van der Waals surface area contributed by atoms with Crippen molar-refractivity contribution in [2.24, 2.45) is 0 Å². The van der Waals surface area contributed by atoms with E-state index in [1.54, 1.807) is 6.92 Å². The Morgan fingerprint density at radius 1 is 0.682 bits per heavy atom. The third kappa shape index (κ3) is 15.9. The van der Waals surface area contributed by atoms with E-state index in [1.807, 2.05) is 0 Å². The highest BCUT2D eigenvalue weighted by Gasteiger charge is 2.09. The Morgan fingerprint density at radius 3 is 1.41 bits per heavy atom. The lowest BCUT2D eigenvalue weighted by molar-refractivity contribution is -0.119. The maximum atomic E-state index is 11.3. The lowest BCUT2D eigenvalue weighted by Gasteiger charge is -2.17. The Balaban J connectivity index is 3.63. The van der Waals surface area contributed by atoms with Crippen molar-refractivity contribution in [2.75, 3.05) is 0 Å². The molecule has 0 aliphatic carbocycles. The highest BCUT2D eigenvalue weighted by molar-refractivity contribution is 5.73. The van der Waals surface area contributed by atoms with E-state index in [0.717, 1.165) is 0 Å². The van der Waals surface area contributed by atoms with Gasteiger partial charge >= 0.3 is 0 Å². The molecule has 0 aromatic heterocycles. The van der Waals surface area contributed by atoms with E-state index in [1.165, 1.54) is 96.3 Å². The van der Waals surface area contributed by atoms with Crippen LogP contribution in [0.15, 0.2) is 0 Å². The summed E-state index contributed by atoms with van der Waals surface area (Å²) in [5.41, 5.74) is 0.